The Balaban J connectivity index is 1.58. The number of carbonyl (C=O) groups is 3. The quantitative estimate of drug-likeness (QED) is 0.378. The fourth-order valence-corrected chi connectivity index (χ4v) is 3.41. The maximum absolute atomic E-state index is 12.9. The monoisotopic (exact) mass is 389 g/mol. The van der Waals surface area contributed by atoms with Gasteiger partial charge in [0.05, 0.1) is 11.1 Å². The number of fused-ring (bicyclic) bond motifs is 1. The van der Waals surface area contributed by atoms with Crippen LogP contribution in [0, 0.1) is 0 Å². The van der Waals surface area contributed by atoms with E-state index in [2.05, 4.69) is 4.98 Å². The van der Waals surface area contributed by atoms with Gasteiger partial charge < -0.3 is 9.15 Å². The molecular formula is C20H12BNO5S. The van der Waals surface area contributed by atoms with Crippen molar-refractivity contribution in [1.29, 1.82) is 0 Å². The van der Waals surface area contributed by atoms with E-state index in [-0.39, 0.29) is 22.4 Å². The number of carbonyl (C=O) groups excluding carboxylic acids is 3. The number of hydrogen-bond donors (Lipinski definition) is 0. The Morgan fingerprint density at radius 3 is 2.64 bits per heavy atom. The van der Waals surface area contributed by atoms with Gasteiger partial charge in [0.25, 0.3) is 0 Å². The van der Waals surface area contributed by atoms with E-state index in [9.17, 15) is 14.4 Å². The second-order valence-electron chi connectivity index (χ2n) is 6.12. The third kappa shape index (κ3) is 3.01. The highest BCUT2D eigenvalue weighted by Crippen LogP contribution is 2.33. The fourth-order valence-electron chi connectivity index (χ4n) is 2.88. The van der Waals surface area contributed by atoms with E-state index in [0.29, 0.717) is 23.5 Å². The SMILES string of the molecule is [B]C1=C(C)c2occ(C(=O)c3ccc(OCc4nccs4)cc3)c2C(=O)C1=O. The molecule has 0 saturated carbocycles. The first-order valence-electron chi connectivity index (χ1n) is 8.30. The van der Waals surface area contributed by atoms with E-state index < -0.39 is 17.3 Å². The largest absolute Gasteiger partial charge is 0.486 e. The molecule has 28 heavy (non-hydrogen) atoms. The van der Waals surface area contributed by atoms with Gasteiger partial charge in [-0.2, -0.15) is 0 Å². The molecule has 0 saturated heterocycles. The average Bonchev–Trinajstić information content (AvgIpc) is 3.39. The van der Waals surface area contributed by atoms with E-state index in [1.54, 1.807) is 37.4 Å². The van der Waals surface area contributed by atoms with Crippen molar-refractivity contribution in [3.63, 3.8) is 0 Å². The lowest BCUT2D eigenvalue weighted by Crippen LogP contribution is -2.24. The number of thiazole rings is 1. The third-order valence-corrected chi connectivity index (χ3v) is 5.17. The number of ether oxygens (including phenoxy) is 1. The lowest BCUT2D eigenvalue weighted by molar-refractivity contribution is -0.111. The number of ketones is 3. The number of hydrogen-bond acceptors (Lipinski definition) is 7. The zero-order valence-electron chi connectivity index (χ0n) is 14.7. The average molecular weight is 389 g/mol. The normalized spacial score (nSPS) is 13.6. The van der Waals surface area contributed by atoms with Crippen molar-refractivity contribution in [2.45, 2.75) is 13.5 Å². The molecule has 136 valence electrons. The van der Waals surface area contributed by atoms with Crippen LogP contribution in [-0.4, -0.2) is 30.2 Å². The fraction of sp³-hybridized carbons (Fsp3) is 0.100. The lowest BCUT2D eigenvalue weighted by Gasteiger charge is -2.13. The van der Waals surface area contributed by atoms with Crippen LogP contribution in [0.25, 0.3) is 5.57 Å². The van der Waals surface area contributed by atoms with Gasteiger partial charge in [0.2, 0.25) is 11.6 Å². The summed E-state index contributed by atoms with van der Waals surface area (Å²) in [4.78, 5) is 41.3. The van der Waals surface area contributed by atoms with Gasteiger partial charge in [-0.05, 0) is 42.2 Å². The molecule has 6 nitrogen and oxygen atoms in total. The molecule has 2 heterocycles. The summed E-state index contributed by atoms with van der Waals surface area (Å²) in [6, 6.07) is 6.49. The van der Waals surface area contributed by atoms with Gasteiger partial charge in [-0.3, -0.25) is 14.4 Å². The number of aromatic nitrogens is 1. The zero-order chi connectivity index (χ0) is 19.8. The topological polar surface area (TPSA) is 86.5 Å². The van der Waals surface area contributed by atoms with E-state index in [1.165, 1.54) is 17.6 Å². The summed E-state index contributed by atoms with van der Waals surface area (Å²) in [5.41, 5.74) is 0.533. The minimum Gasteiger partial charge on any atom is -0.486 e. The zero-order valence-corrected chi connectivity index (χ0v) is 15.5. The summed E-state index contributed by atoms with van der Waals surface area (Å²) >= 11 is 1.49. The Morgan fingerprint density at radius 1 is 1.21 bits per heavy atom. The van der Waals surface area contributed by atoms with E-state index in [0.717, 1.165) is 5.01 Å². The molecular weight excluding hydrogens is 377 g/mol. The maximum Gasteiger partial charge on any atom is 0.236 e. The van der Waals surface area contributed by atoms with Crippen molar-refractivity contribution in [2.24, 2.45) is 0 Å². The highest BCUT2D eigenvalue weighted by Gasteiger charge is 2.35. The molecule has 0 fully saturated rings. The molecule has 2 aromatic heterocycles. The van der Waals surface area contributed by atoms with Crippen molar-refractivity contribution in [2.75, 3.05) is 0 Å². The van der Waals surface area contributed by atoms with Gasteiger partial charge in [-0.25, -0.2) is 4.98 Å². The summed E-state index contributed by atoms with van der Waals surface area (Å²) in [6.07, 6.45) is 2.89. The number of furan rings is 1. The Bertz CT molecular complexity index is 1130. The second kappa shape index (κ2) is 7.05. The van der Waals surface area contributed by atoms with Crippen LogP contribution in [0.4, 0.5) is 0 Å². The predicted octanol–water partition coefficient (Wildman–Crippen LogP) is 3.21. The van der Waals surface area contributed by atoms with Crippen LogP contribution in [0.1, 0.15) is 44.0 Å². The van der Waals surface area contributed by atoms with Crippen molar-refractivity contribution in [3.8, 4) is 5.75 Å². The minimum atomic E-state index is -0.835. The molecule has 1 aliphatic carbocycles. The molecule has 4 rings (SSSR count). The second-order valence-corrected chi connectivity index (χ2v) is 7.10. The van der Waals surface area contributed by atoms with Crippen molar-refractivity contribution in [1.82, 2.24) is 4.98 Å². The molecule has 0 aliphatic heterocycles. The van der Waals surface area contributed by atoms with Gasteiger partial charge in [0, 0.05) is 17.1 Å². The highest BCUT2D eigenvalue weighted by molar-refractivity contribution is 7.09. The minimum absolute atomic E-state index is 0.0363. The first-order chi connectivity index (χ1) is 13.5. The lowest BCUT2D eigenvalue weighted by atomic mass is 9.77. The Hall–Kier alpha value is -3.26. The maximum atomic E-state index is 12.9. The van der Waals surface area contributed by atoms with Gasteiger partial charge in [-0.15, -0.1) is 11.3 Å². The van der Waals surface area contributed by atoms with E-state index in [1.807, 2.05) is 5.38 Å². The van der Waals surface area contributed by atoms with Crippen LogP contribution in [-0.2, 0) is 11.4 Å². The molecule has 0 N–H and O–H groups in total. The molecule has 0 atom stereocenters. The van der Waals surface area contributed by atoms with Gasteiger partial charge >= 0.3 is 0 Å². The van der Waals surface area contributed by atoms with Gasteiger partial charge in [0.1, 0.15) is 37.2 Å². The third-order valence-electron chi connectivity index (χ3n) is 4.42. The number of benzene rings is 1. The summed E-state index contributed by atoms with van der Waals surface area (Å²) < 4.78 is 11.0. The Labute approximate surface area is 165 Å². The Kier molecular flexibility index (Phi) is 4.56. The summed E-state index contributed by atoms with van der Waals surface area (Å²) in [5.74, 6) is -1.34. The molecule has 8 heteroatoms. The van der Waals surface area contributed by atoms with Crippen LogP contribution < -0.4 is 4.74 Å². The number of allylic oxidation sites excluding steroid dienone is 2. The van der Waals surface area contributed by atoms with Crippen molar-refractivity contribution >= 4 is 42.1 Å². The number of rotatable bonds is 5. The van der Waals surface area contributed by atoms with Crippen LogP contribution in [0.5, 0.6) is 5.75 Å². The van der Waals surface area contributed by atoms with Crippen molar-refractivity contribution in [3.05, 3.63) is 75.0 Å². The molecule has 0 unspecified atom stereocenters. The van der Waals surface area contributed by atoms with Crippen LogP contribution >= 0.6 is 11.3 Å². The first-order valence-corrected chi connectivity index (χ1v) is 9.18. The molecule has 3 aromatic rings. The smallest absolute Gasteiger partial charge is 0.236 e. The summed E-state index contributed by atoms with van der Waals surface area (Å²) in [7, 11) is 5.65. The van der Waals surface area contributed by atoms with Crippen LogP contribution in [0.2, 0.25) is 0 Å². The summed E-state index contributed by atoms with van der Waals surface area (Å²) in [5, 5.41) is 2.71. The number of nitrogens with zero attached hydrogens (tertiary/aromatic N) is 1. The van der Waals surface area contributed by atoms with E-state index >= 15 is 0 Å². The highest BCUT2D eigenvalue weighted by atomic mass is 32.1. The predicted molar refractivity (Wildman–Crippen MR) is 103 cm³/mol. The summed E-state index contributed by atoms with van der Waals surface area (Å²) in [6.45, 7) is 1.91. The standard InChI is InChI=1S/C20H12BNO5S/c1-10-16(21)19(25)18(24)15-13(8-27-20(10)15)17(23)11-2-4-12(5-3-11)26-9-14-22-6-7-28-14/h2-8H,9H2,1H3. The molecule has 1 aliphatic rings. The molecule has 0 amide bonds. The molecule has 1 aromatic carbocycles. The van der Waals surface area contributed by atoms with Crippen LogP contribution in [0.3, 0.4) is 0 Å². The molecule has 0 spiro atoms. The Morgan fingerprint density at radius 2 is 1.96 bits per heavy atom. The van der Waals surface area contributed by atoms with Crippen molar-refractivity contribution < 1.29 is 23.5 Å². The first kappa shape index (κ1) is 18.1. The van der Waals surface area contributed by atoms with E-state index in [4.69, 9.17) is 17.0 Å². The molecule has 0 bridgehead atoms. The van der Waals surface area contributed by atoms with Gasteiger partial charge in [-0.1, -0.05) is 0 Å². The number of Topliss-reactive ketones (excluding diaryl/α,β-unsaturated/α-hetero) is 2. The van der Waals surface area contributed by atoms with Gasteiger partial charge in [0.15, 0.2) is 5.78 Å². The molecule has 2 radical (unpaired) electrons. The van der Waals surface area contributed by atoms with Crippen LogP contribution in [0.15, 0.2) is 52.0 Å².